The van der Waals surface area contributed by atoms with Gasteiger partial charge in [0.2, 0.25) is 5.88 Å². The fourth-order valence-electron chi connectivity index (χ4n) is 1.65. The van der Waals surface area contributed by atoms with E-state index in [9.17, 15) is 0 Å². The van der Waals surface area contributed by atoms with Crippen LogP contribution >= 0.6 is 0 Å². The lowest BCUT2D eigenvalue weighted by Crippen LogP contribution is -2.25. The summed E-state index contributed by atoms with van der Waals surface area (Å²) < 4.78 is 16.5. The van der Waals surface area contributed by atoms with E-state index in [-0.39, 0.29) is 12.7 Å². The molecule has 0 bridgehead atoms. The largest absolute Gasteiger partial charge is 0.475 e. The zero-order valence-corrected chi connectivity index (χ0v) is 10.0. The lowest BCUT2D eigenvalue weighted by molar-refractivity contribution is -0.141. The van der Waals surface area contributed by atoms with Gasteiger partial charge in [-0.2, -0.15) is 0 Å². The molecule has 1 fully saturated rings. The Bertz CT molecular complexity index is 381. The minimum absolute atomic E-state index is 0.0791. The summed E-state index contributed by atoms with van der Waals surface area (Å²) in [7, 11) is 0. The van der Waals surface area contributed by atoms with E-state index in [0.717, 1.165) is 0 Å². The van der Waals surface area contributed by atoms with Crippen LogP contribution < -0.4 is 4.74 Å². The lowest BCUT2D eigenvalue weighted by atomic mass is 10.3. The standard InChI is InChI=1S/C12H17NO4/c1-12(2)16-8-10(17-12)7-15-11-5-3-4-9(6-14)13-11/h3-5,10,14H,6-8H2,1-2H3/t10-/m0/s1. The Hall–Kier alpha value is -1.17. The number of pyridine rings is 1. The molecule has 1 aliphatic heterocycles. The molecule has 0 aromatic carbocycles. The van der Waals surface area contributed by atoms with E-state index < -0.39 is 5.79 Å². The summed E-state index contributed by atoms with van der Waals surface area (Å²) in [5, 5.41) is 8.95. The number of ether oxygens (including phenoxy) is 3. The van der Waals surface area contributed by atoms with Crippen LogP contribution in [0.2, 0.25) is 0 Å². The zero-order valence-electron chi connectivity index (χ0n) is 10.0. The first-order chi connectivity index (χ1) is 8.09. The van der Waals surface area contributed by atoms with Crippen LogP contribution in [0.1, 0.15) is 19.5 Å². The first-order valence-corrected chi connectivity index (χ1v) is 5.60. The van der Waals surface area contributed by atoms with Crippen molar-refractivity contribution in [2.75, 3.05) is 13.2 Å². The minimum atomic E-state index is -0.533. The van der Waals surface area contributed by atoms with Gasteiger partial charge in [0.15, 0.2) is 5.79 Å². The van der Waals surface area contributed by atoms with Gasteiger partial charge in [0, 0.05) is 6.07 Å². The molecule has 1 saturated heterocycles. The molecule has 17 heavy (non-hydrogen) atoms. The van der Waals surface area contributed by atoms with Crippen molar-refractivity contribution in [2.45, 2.75) is 32.3 Å². The number of nitrogens with zero attached hydrogens (tertiary/aromatic N) is 1. The number of aliphatic hydroxyl groups is 1. The molecular weight excluding hydrogens is 222 g/mol. The van der Waals surface area contributed by atoms with Crippen molar-refractivity contribution in [1.29, 1.82) is 0 Å². The summed E-state index contributed by atoms with van der Waals surface area (Å²) in [5.41, 5.74) is 0.589. The highest BCUT2D eigenvalue weighted by atomic mass is 16.7. The second-order valence-corrected chi connectivity index (χ2v) is 4.39. The van der Waals surface area contributed by atoms with Crippen molar-refractivity contribution in [1.82, 2.24) is 4.98 Å². The maximum absolute atomic E-state index is 8.95. The van der Waals surface area contributed by atoms with Gasteiger partial charge in [-0.1, -0.05) is 6.07 Å². The number of aromatic nitrogens is 1. The van der Waals surface area contributed by atoms with Crippen LogP contribution in [-0.4, -0.2) is 35.2 Å². The fraction of sp³-hybridized carbons (Fsp3) is 0.583. The zero-order chi connectivity index (χ0) is 12.3. The number of hydrogen-bond donors (Lipinski definition) is 1. The van der Waals surface area contributed by atoms with Gasteiger partial charge in [-0.15, -0.1) is 0 Å². The molecule has 0 unspecified atom stereocenters. The summed E-state index contributed by atoms with van der Waals surface area (Å²) in [4.78, 5) is 4.12. The summed E-state index contributed by atoms with van der Waals surface area (Å²) >= 11 is 0. The molecule has 0 spiro atoms. The smallest absolute Gasteiger partial charge is 0.213 e. The van der Waals surface area contributed by atoms with Gasteiger partial charge in [-0.25, -0.2) is 4.98 Å². The highest BCUT2D eigenvalue weighted by Gasteiger charge is 2.32. The van der Waals surface area contributed by atoms with Gasteiger partial charge in [-0.3, -0.25) is 0 Å². The molecule has 1 N–H and O–H groups in total. The first kappa shape index (κ1) is 12.3. The highest BCUT2D eigenvalue weighted by molar-refractivity contribution is 5.15. The average molecular weight is 239 g/mol. The van der Waals surface area contributed by atoms with Crippen LogP contribution in [0.5, 0.6) is 5.88 Å². The predicted molar refractivity (Wildman–Crippen MR) is 60.6 cm³/mol. The van der Waals surface area contributed by atoms with Gasteiger partial charge in [-0.05, 0) is 19.9 Å². The van der Waals surface area contributed by atoms with Gasteiger partial charge in [0.1, 0.15) is 12.7 Å². The van der Waals surface area contributed by atoms with Crippen molar-refractivity contribution in [2.24, 2.45) is 0 Å². The molecule has 2 rings (SSSR count). The second kappa shape index (κ2) is 5.00. The van der Waals surface area contributed by atoms with Crippen molar-refractivity contribution in [3.8, 4) is 5.88 Å². The predicted octanol–water partition coefficient (Wildman–Crippen LogP) is 1.10. The number of hydrogen-bond acceptors (Lipinski definition) is 5. The molecule has 2 heterocycles. The normalized spacial score (nSPS) is 22.6. The van der Waals surface area contributed by atoms with Gasteiger partial charge < -0.3 is 19.3 Å². The molecule has 1 aromatic rings. The van der Waals surface area contributed by atoms with Crippen LogP contribution in [0.15, 0.2) is 18.2 Å². The molecule has 1 atom stereocenters. The van der Waals surface area contributed by atoms with E-state index in [2.05, 4.69) is 4.98 Å². The summed E-state index contributed by atoms with van der Waals surface area (Å²) in [6, 6.07) is 5.29. The van der Waals surface area contributed by atoms with Crippen LogP contribution in [0, 0.1) is 0 Å². The van der Waals surface area contributed by atoms with Crippen LogP contribution in [0.25, 0.3) is 0 Å². The van der Waals surface area contributed by atoms with Gasteiger partial charge in [0.25, 0.3) is 0 Å². The van der Waals surface area contributed by atoms with Gasteiger partial charge >= 0.3 is 0 Å². The van der Waals surface area contributed by atoms with Gasteiger partial charge in [0.05, 0.1) is 18.9 Å². The maximum Gasteiger partial charge on any atom is 0.213 e. The lowest BCUT2D eigenvalue weighted by Gasteiger charge is -2.17. The third kappa shape index (κ3) is 3.39. The summed E-state index contributed by atoms with van der Waals surface area (Å²) in [5.74, 6) is -0.0427. The van der Waals surface area contributed by atoms with E-state index in [1.807, 2.05) is 13.8 Å². The molecule has 5 nitrogen and oxygen atoms in total. The van der Waals surface area contributed by atoms with Crippen LogP contribution in [-0.2, 0) is 16.1 Å². The third-order valence-corrected chi connectivity index (χ3v) is 2.43. The van der Waals surface area contributed by atoms with Crippen molar-refractivity contribution in [3.05, 3.63) is 23.9 Å². The second-order valence-electron chi connectivity index (χ2n) is 4.39. The molecule has 1 aliphatic rings. The van der Waals surface area contributed by atoms with Crippen molar-refractivity contribution >= 4 is 0 Å². The molecule has 0 aliphatic carbocycles. The molecule has 0 radical (unpaired) electrons. The Morgan fingerprint density at radius 3 is 3.00 bits per heavy atom. The SMILES string of the molecule is CC1(C)OC[C@H](COc2cccc(CO)n2)O1. The van der Waals surface area contributed by atoms with E-state index in [0.29, 0.717) is 24.8 Å². The molecule has 5 heteroatoms. The summed E-state index contributed by atoms with van der Waals surface area (Å²) in [6.07, 6.45) is -0.0791. The Labute approximate surface area is 100 Å². The average Bonchev–Trinajstić information content (AvgIpc) is 2.67. The Kier molecular flexibility index (Phi) is 3.61. The van der Waals surface area contributed by atoms with Crippen molar-refractivity contribution in [3.63, 3.8) is 0 Å². The maximum atomic E-state index is 8.95. The molecular formula is C12H17NO4. The molecule has 0 amide bonds. The molecule has 94 valence electrons. The summed E-state index contributed by atoms with van der Waals surface area (Å²) in [6.45, 7) is 4.57. The Balaban J connectivity index is 1.86. The fourth-order valence-corrected chi connectivity index (χ4v) is 1.65. The Morgan fingerprint density at radius 1 is 1.53 bits per heavy atom. The monoisotopic (exact) mass is 239 g/mol. The van der Waals surface area contributed by atoms with Crippen LogP contribution in [0.3, 0.4) is 0 Å². The van der Waals surface area contributed by atoms with E-state index in [4.69, 9.17) is 19.3 Å². The van der Waals surface area contributed by atoms with E-state index in [1.54, 1.807) is 18.2 Å². The van der Waals surface area contributed by atoms with E-state index >= 15 is 0 Å². The first-order valence-electron chi connectivity index (χ1n) is 5.60. The third-order valence-electron chi connectivity index (χ3n) is 2.43. The molecule has 0 saturated carbocycles. The topological polar surface area (TPSA) is 60.8 Å². The quantitative estimate of drug-likeness (QED) is 0.852. The minimum Gasteiger partial charge on any atom is -0.475 e. The van der Waals surface area contributed by atoms with Crippen molar-refractivity contribution < 1.29 is 19.3 Å². The highest BCUT2D eigenvalue weighted by Crippen LogP contribution is 2.22. The Morgan fingerprint density at radius 2 is 2.35 bits per heavy atom. The number of aliphatic hydroxyl groups excluding tert-OH is 1. The number of rotatable bonds is 4. The molecule has 1 aromatic heterocycles. The van der Waals surface area contributed by atoms with Crippen LogP contribution in [0.4, 0.5) is 0 Å². The van der Waals surface area contributed by atoms with E-state index in [1.165, 1.54) is 0 Å².